The van der Waals surface area contributed by atoms with Crippen LogP contribution in [0.1, 0.15) is 25.7 Å². The Morgan fingerprint density at radius 1 is 0.808 bits per heavy atom. The second-order valence-electron chi connectivity index (χ2n) is 6.57. The molecule has 0 amide bonds. The number of ketones is 1. The first-order chi connectivity index (χ1) is 12.8. The fourth-order valence-corrected chi connectivity index (χ4v) is 3.50. The van der Waals surface area contributed by atoms with Gasteiger partial charge in [0.15, 0.2) is 11.2 Å². The van der Waals surface area contributed by atoms with Crippen molar-refractivity contribution < 1.29 is 13.6 Å². The predicted molar refractivity (Wildman–Crippen MR) is 97.4 cm³/mol. The molecule has 2 aromatic carbocycles. The highest BCUT2D eigenvalue weighted by atomic mass is 16.4. The Labute approximate surface area is 149 Å². The summed E-state index contributed by atoms with van der Waals surface area (Å²) >= 11 is 0. The van der Waals surface area contributed by atoms with Gasteiger partial charge in [-0.2, -0.15) is 9.97 Å². The number of oxazole rings is 2. The highest BCUT2D eigenvalue weighted by Gasteiger charge is 2.32. The maximum Gasteiger partial charge on any atom is 0.306 e. The molecule has 130 valence electrons. The van der Waals surface area contributed by atoms with E-state index in [0.717, 1.165) is 35.0 Å². The molecule has 1 saturated carbocycles. The van der Waals surface area contributed by atoms with Crippen LogP contribution in [-0.4, -0.2) is 21.8 Å². The Hall–Kier alpha value is -3.15. The van der Waals surface area contributed by atoms with E-state index in [1.807, 2.05) is 53.4 Å². The molecule has 0 unspecified atom stereocenters. The fraction of sp³-hybridized carbons (Fsp3) is 0.250. The Kier molecular flexibility index (Phi) is 3.48. The van der Waals surface area contributed by atoms with Crippen LogP contribution in [-0.2, 0) is 4.79 Å². The molecule has 4 aromatic rings. The monoisotopic (exact) mass is 347 g/mol. The number of carbonyl (C=O) groups excluding carboxylic acids is 1. The standard InChI is InChI=1S/C20H17N3O3/c24-14-11-9-13(10-12-14)23(19-21-15-5-1-3-7-17(15)25-19)20-22-16-6-2-4-8-18(16)26-20/h1-8,13H,9-12H2. The summed E-state index contributed by atoms with van der Waals surface area (Å²) in [5, 5.41) is 0. The lowest BCUT2D eigenvalue weighted by Gasteiger charge is -2.29. The van der Waals surface area contributed by atoms with Gasteiger partial charge in [0.05, 0.1) is 0 Å². The number of para-hydroxylation sites is 4. The molecule has 0 N–H and O–H groups in total. The Balaban J connectivity index is 1.63. The van der Waals surface area contributed by atoms with Gasteiger partial charge in [-0.25, -0.2) is 4.90 Å². The number of nitrogens with zero attached hydrogens (tertiary/aromatic N) is 3. The van der Waals surface area contributed by atoms with Crippen molar-refractivity contribution in [1.82, 2.24) is 9.97 Å². The number of hydrogen-bond acceptors (Lipinski definition) is 6. The molecule has 26 heavy (non-hydrogen) atoms. The highest BCUT2D eigenvalue weighted by Crippen LogP contribution is 2.35. The van der Waals surface area contributed by atoms with Crippen molar-refractivity contribution in [2.45, 2.75) is 31.7 Å². The number of Topliss-reactive ketones (excluding diaryl/α,β-unsaturated/α-hetero) is 1. The summed E-state index contributed by atoms with van der Waals surface area (Å²) in [6.45, 7) is 0. The van der Waals surface area contributed by atoms with E-state index in [0.29, 0.717) is 30.7 Å². The summed E-state index contributed by atoms with van der Waals surface area (Å²) in [5.74, 6) is 0.302. The van der Waals surface area contributed by atoms with E-state index in [9.17, 15) is 4.79 Å². The quantitative estimate of drug-likeness (QED) is 0.538. The SMILES string of the molecule is O=C1CCC(N(c2nc3ccccc3o2)c2nc3ccccc3o2)CC1. The number of carbonyl (C=O) groups is 1. The average Bonchev–Trinajstić information content (AvgIpc) is 3.27. The third-order valence-electron chi connectivity index (χ3n) is 4.86. The fourth-order valence-electron chi connectivity index (χ4n) is 3.50. The lowest BCUT2D eigenvalue weighted by Crippen LogP contribution is -2.35. The van der Waals surface area contributed by atoms with Gasteiger partial charge in [-0.3, -0.25) is 4.79 Å². The third-order valence-corrected chi connectivity index (χ3v) is 4.86. The Bertz CT molecular complexity index is 948. The minimum absolute atomic E-state index is 0.0637. The van der Waals surface area contributed by atoms with Crippen molar-refractivity contribution in [3.05, 3.63) is 48.5 Å². The average molecular weight is 347 g/mol. The predicted octanol–water partition coefficient (Wildman–Crippen LogP) is 4.62. The van der Waals surface area contributed by atoms with E-state index in [1.54, 1.807) is 0 Å². The molecular weight excluding hydrogens is 330 g/mol. The number of aromatic nitrogens is 2. The van der Waals surface area contributed by atoms with Crippen LogP contribution in [0.5, 0.6) is 0 Å². The number of benzene rings is 2. The molecular formula is C20H17N3O3. The Morgan fingerprint density at radius 3 is 1.81 bits per heavy atom. The Morgan fingerprint density at radius 2 is 1.31 bits per heavy atom. The van der Waals surface area contributed by atoms with E-state index in [1.165, 1.54) is 0 Å². The molecule has 6 nitrogen and oxygen atoms in total. The maximum atomic E-state index is 11.7. The molecule has 6 heteroatoms. The number of fused-ring (bicyclic) bond motifs is 2. The summed E-state index contributed by atoms with van der Waals surface area (Å²) in [5.41, 5.74) is 3.01. The van der Waals surface area contributed by atoms with E-state index < -0.39 is 0 Å². The van der Waals surface area contributed by atoms with Gasteiger partial charge in [-0.1, -0.05) is 24.3 Å². The molecule has 5 rings (SSSR count). The van der Waals surface area contributed by atoms with Gasteiger partial charge >= 0.3 is 12.0 Å². The van der Waals surface area contributed by atoms with Crippen LogP contribution in [0.2, 0.25) is 0 Å². The first-order valence-electron chi connectivity index (χ1n) is 8.80. The van der Waals surface area contributed by atoms with Gasteiger partial charge in [0, 0.05) is 18.9 Å². The topological polar surface area (TPSA) is 72.4 Å². The largest absolute Gasteiger partial charge is 0.423 e. The van der Waals surface area contributed by atoms with Crippen molar-refractivity contribution in [3.8, 4) is 0 Å². The second-order valence-corrected chi connectivity index (χ2v) is 6.57. The van der Waals surface area contributed by atoms with E-state index in [2.05, 4.69) is 9.97 Å². The second kappa shape index (κ2) is 5.98. The lowest BCUT2D eigenvalue weighted by atomic mass is 9.93. The summed E-state index contributed by atoms with van der Waals surface area (Å²) in [4.78, 5) is 22.9. The zero-order valence-corrected chi connectivity index (χ0v) is 14.1. The number of anilines is 2. The van der Waals surface area contributed by atoms with Crippen molar-refractivity contribution in [3.63, 3.8) is 0 Å². The smallest absolute Gasteiger partial charge is 0.306 e. The van der Waals surface area contributed by atoms with Crippen LogP contribution >= 0.6 is 0 Å². The normalized spacial score (nSPS) is 15.8. The molecule has 0 bridgehead atoms. The van der Waals surface area contributed by atoms with Crippen molar-refractivity contribution in [2.24, 2.45) is 0 Å². The molecule has 1 aliphatic rings. The van der Waals surface area contributed by atoms with Gasteiger partial charge < -0.3 is 8.83 Å². The molecule has 0 radical (unpaired) electrons. The van der Waals surface area contributed by atoms with Crippen LogP contribution in [0.3, 0.4) is 0 Å². The first-order valence-corrected chi connectivity index (χ1v) is 8.80. The molecule has 1 aliphatic carbocycles. The molecule has 2 aromatic heterocycles. The molecule has 2 heterocycles. The highest BCUT2D eigenvalue weighted by molar-refractivity contribution is 5.80. The first kappa shape index (κ1) is 15.1. The van der Waals surface area contributed by atoms with Crippen LogP contribution in [0.15, 0.2) is 57.4 Å². The minimum atomic E-state index is 0.0637. The summed E-state index contributed by atoms with van der Waals surface area (Å²) in [7, 11) is 0. The van der Waals surface area contributed by atoms with Crippen LogP contribution < -0.4 is 4.90 Å². The zero-order chi connectivity index (χ0) is 17.5. The van der Waals surface area contributed by atoms with E-state index in [-0.39, 0.29) is 6.04 Å². The van der Waals surface area contributed by atoms with Crippen LogP contribution in [0.4, 0.5) is 12.0 Å². The molecule has 1 fully saturated rings. The maximum absolute atomic E-state index is 11.7. The van der Waals surface area contributed by atoms with Gasteiger partial charge in [0.25, 0.3) is 0 Å². The van der Waals surface area contributed by atoms with Gasteiger partial charge in [-0.05, 0) is 37.1 Å². The number of rotatable bonds is 3. The summed E-state index contributed by atoms with van der Waals surface area (Å²) in [6.07, 6.45) is 2.58. The van der Waals surface area contributed by atoms with Crippen molar-refractivity contribution >= 4 is 40.0 Å². The molecule has 0 spiro atoms. The van der Waals surface area contributed by atoms with Gasteiger partial charge in [0.1, 0.15) is 16.8 Å². The van der Waals surface area contributed by atoms with Crippen LogP contribution in [0, 0.1) is 0 Å². The minimum Gasteiger partial charge on any atom is -0.423 e. The van der Waals surface area contributed by atoms with Gasteiger partial charge in [-0.15, -0.1) is 0 Å². The molecule has 0 aliphatic heterocycles. The number of hydrogen-bond donors (Lipinski definition) is 0. The zero-order valence-electron chi connectivity index (χ0n) is 14.1. The van der Waals surface area contributed by atoms with Crippen molar-refractivity contribution in [1.29, 1.82) is 0 Å². The van der Waals surface area contributed by atoms with Crippen LogP contribution in [0.25, 0.3) is 22.2 Å². The summed E-state index contributed by atoms with van der Waals surface area (Å²) in [6, 6.07) is 16.3. The molecule has 0 saturated heterocycles. The lowest BCUT2D eigenvalue weighted by molar-refractivity contribution is -0.120. The van der Waals surface area contributed by atoms with Crippen molar-refractivity contribution in [2.75, 3.05) is 4.90 Å². The molecule has 0 atom stereocenters. The van der Waals surface area contributed by atoms with Gasteiger partial charge in [0.2, 0.25) is 0 Å². The third kappa shape index (κ3) is 2.54. The van der Waals surface area contributed by atoms with E-state index >= 15 is 0 Å². The summed E-state index contributed by atoms with van der Waals surface area (Å²) < 4.78 is 12.0. The van der Waals surface area contributed by atoms with E-state index in [4.69, 9.17) is 8.83 Å².